The summed E-state index contributed by atoms with van der Waals surface area (Å²) in [6.07, 6.45) is 3.82. The molecule has 100 valence electrons. The van der Waals surface area contributed by atoms with Gasteiger partial charge in [-0.25, -0.2) is 0 Å². The highest BCUT2D eigenvalue weighted by Gasteiger charge is 2.11. The van der Waals surface area contributed by atoms with E-state index in [4.69, 9.17) is 0 Å². The summed E-state index contributed by atoms with van der Waals surface area (Å²) in [6.45, 7) is 6.89. The van der Waals surface area contributed by atoms with E-state index in [2.05, 4.69) is 52.5 Å². The number of nitrogens with zero attached hydrogens (tertiary/aromatic N) is 3. The molecule has 0 unspecified atom stereocenters. The van der Waals surface area contributed by atoms with Crippen LogP contribution in [0.15, 0.2) is 48.1 Å². The summed E-state index contributed by atoms with van der Waals surface area (Å²) < 4.78 is 2.22. The van der Waals surface area contributed by atoms with Crippen molar-refractivity contribution in [1.82, 2.24) is 14.8 Å². The van der Waals surface area contributed by atoms with E-state index >= 15 is 0 Å². The van der Waals surface area contributed by atoms with Crippen molar-refractivity contribution < 1.29 is 0 Å². The summed E-state index contributed by atoms with van der Waals surface area (Å²) in [6, 6.07) is 10.4. The van der Waals surface area contributed by atoms with Crippen molar-refractivity contribution in [3.05, 3.63) is 54.4 Å². The van der Waals surface area contributed by atoms with Crippen LogP contribution in [-0.2, 0) is 13.0 Å². The van der Waals surface area contributed by atoms with Gasteiger partial charge in [-0.1, -0.05) is 55.1 Å². The first-order valence-corrected chi connectivity index (χ1v) is 7.53. The molecule has 0 spiro atoms. The van der Waals surface area contributed by atoms with Gasteiger partial charge >= 0.3 is 0 Å². The van der Waals surface area contributed by atoms with Crippen molar-refractivity contribution >= 4 is 11.8 Å². The molecule has 0 amide bonds. The molecule has 0 aliphatic rings. The van der Waals surface area contributed by atoms with Gasteiger partial charge < -0.3 is 4.57 Å². The lowest BCUT2D eigenvalue weighted by Crippen LogP contribution is -2.05. The van der Waals surface area contributed by atoms with Crippen LogP contribution in [0.2, 0.25) is 0 Å². The molecule has 0 radical (unpaired) electrons. The molecule has 0 bridgehead atoms. The fourth-order valence-corrected chi connectivity index (χ4v) is 2.63. The predicted octanol–water partition coefficient (Wildman–Crippen LogP) is 3.56. The van der Waals surface area contributed by atoms with Crippen LogP contribution in [-0.4, -0.2) is 20.5 Å². The molecule has 0 aliphatic carbocycles. The minimum absolute atomic E-state index is 0.836. The van der Waals surface area contributed by atoms with Crippen molar-refractivity contribution in [2.45, 2.75) is 31.5 Å². The van der Waals surface area contributed by atoms with Crippen molar-refractivity contribution in [2.75, 3.05) is 5.75 Å². The topological polar surface area (TPSA) is 30.7 Å². The summed E-state index contributed by atoms with van der Waals surface area (Å²) in [7, 11) is 0. The molecule has 3 nitrogen and oxygen atoms in total. The van der Waals surface area contributed by atoms with E-state index in [1.165, 1.54) is 5.56 Å². The van der Waals surface area contributed by atoms with Crippen molar-refractivity contribution in [1.29, 1.82) is 0 Å². The van der Waals surface area contributed by atoms with Gasteiger partial charge in [0.05, 0.1) is 0 Å². The fraction of sp³-hybridized carbons (Fsp3) is 0.333. The Morgan fingerprint density at radius 2 is 2.05 bits per heavy atom. The Morgan fingerprint density at radius 3 is 2.74 bits per heavy atom. The van der Waals surface area contributed by atoms with Crippen LogP contribution in [0.5, 0.6) is 0 Å². The fourth-order valence-electron chi connectivity index (χ4n) is 1.92. The second kappa shape index (κ2) is 7.14. The molecule has 2 aromatic rings. The van der Waals surface area contributed by atoms with Crippen LogP contribution in [0.1, 0.15) is 24.7 Å². The Morgan fingerprint density at radius 1 is 1.26 bits per heavy atom. The van der Waals surface area contributed by atoms with E-state index in [-0.39, 0.29) is 0 Å². The molecule has 0 fully saturated rings. The van der Waals surface area contributed by atoms with Gasteiger partial charge in [0.15, 0.2) is 5.16 Å². The second-order valence-corrected chi connectivity index (χ2v) is 5.30. The maximum atomic E-state index is 4.34. The third-order valence-corrected chi connectivity index (χ3v) is 3.74. The summed E-state index contributed by atoms with van der Waals surface area (Å²) in [5, 5.41) is 9.63. The second-order valence-electron chi connectivity index (χ2n) is 4.31. The normalized spacial score (nSPS) is 10.6. The third-order valence-electron chi connectivity index (χ3n) is 2.78. The van der Waals surface area contributed by atoms with E-state index in [1.54, 1.807) is 11.8 Å². The number of aromatic nitrogens is 3. The third kappa shape index (κ3) is 3.70. The number of hydrogen-bond donors (Lipinski definition) is 0. The van der Waals surface area contributed by atoms with Gasteiger partial charge in [0.25, 0.3) is 0 Å². The average Bonchev–Trinajstić information content (AvgIpc) is 2.81. The van der Waals surface area contributed by atoms with E-state index in [9.17, 15) is 0 Å². The Hall–Kier alpha value is -1.55. The highest BCUT2D eigenvalue weighted by molar-refractivity contribution is 7.99. The molecule has 0 N–H and O–H groups in total. The molecule has 19 heavy (non-hydrogen) atoms. The van der Waals surface area contributed by atoms with E-state index < -0.39 is 0 Å². The number of thioether (sulfide) groups is 1. The molecule has 1 aromatic heterocycles. The van der Waals surface area contributed by atoms with Crippen LogP contribution in [0.25, 0.3) is 0 Å². The van der Waals surface area contributed by atoms with Gasteiger partial charge in [-0.3, -0.25) is 0 Å². The maximum Gasteiger partial charge on any atom is 0.191 e. The van der Waals surface area contributed by atoms with Gasteiger partial charge in [0.2, 0.25) is 0 Å². The lowest BCUT2D eigenvalue weighted by atomic mass is 10.1. The van der Waals surface area contributed by atoms with Crippen LogP contribution in [0.4, 0.5) is 0 Å². The van der Waals surface area contributed by atoms with Gasteiger partial charge in [-0.2, -0.15) is 0 Å². The lowest BCUT2D eigenvalue weighted by molar-refractivity contribution is 0.598. The monoisotopic (exact) mass is 273 g/mol. The highest BCUT2D eigenvalue weighted by atomic mass is 32.2. The Kier molecular flexibility index (Phi) is 5.21. The zero-order chi connectivity index (χ0) is 13.5. The molecule has 0 saturated heterocycles. The summed E-state index contributed by atoms with van der Waals surface area (Å²) in [5.41, 5.74) is 1.27. The Bertz CT molecular complexity index is 519. The predicted molar refractivity (Wildman–Crippen MR) is 80.5 cm³/mol. The highest BCUT2D eigenvalue weighted by Crippen LogP contribution is 2.19. The zero-order valence-electron chi connectivity index (χ0n) is 11.2. The molecule has 1 aromatic carbocycles. The number of benzene rings is 1. The van der Waals surface area contributed by atoms with E-state index in [1.807, 2.05) is 12.1 Å². The maximum absolute atomic E-state index is 4.34. The Labute approximate surface area is 118 Å². The van der Waals surface area contributed by atoms with Crippen LogP contribution in [0, 0.1) is 0 Å². The zero-order valence-corrected chi connectivity index (χ0v) is 12.1. The summed E-state index contributed by atoms with van der Waals surface area (Å²) in [4.78, 5) is 0. The SMILES string of the molecule is C=CCSc1nnc(Cc2ccccc2)n1CCC. The molecule has 0 atom stereocenters. The van der Waals surface area contributed by atoms with Gasteiger partial charge in [0.1, 0.15) is 5.82 Å². The quantitative estimate of drug-likeness (QED) is 0.571. The molecule has 4 heteroatoms. The molecule has 2 rings (SSSR count). The van der Waals surface area contributed by atoms with Crippen molar-refractivity contribution in [2.24, 2.45) is 0 Å². The summed E-state index contributed by atoms with van der Waals surface area (Å²) >= 11 is 1.69. The first-order valence-electron chi connectivity index (χ1n) is 6.54. The first kappa shape index (κ1) is 13.9. The van der Waals surface area contributed by atoms with Gasteiger partial charge in [-0.05, 0) is 12.0 Å². The molecular formula is C15H19N3S. The minimum atomic E-state index is 0.836. The van der Waals surface area contributed by atoms with Crippen LogP contribution < -0.4 is 0 Å². The molecule has 1 heterocycles. The average molecular weight is 273 g/mol. The molecule has 0 saturated carbocycles. The number of hydrogen-bond acceptors (Lipinski definition) is 3. The van der Waals surface area contributed by atoms with Gasteiger partial charge in [0, 0.05) is 18.7 Å². The van der Waals surface area contributed by atoms with E-state index in [0.717, 1.165) is 36.1 Å². The first-order chi connectivity index (χ1) is 9.35. The molecular weight excluding hydrogens is 254 g/mol. The lowest BCUT2D eigenvalue weighted by Gasteiger charge is -2.08. The summed E-state index contributed by atoms with van der Waals surface area (Å²) in [5.74, 6) is 1.91. The Balaban J connectivity index is 2.19. The largest absolute Gasteiger partial charge is 0.306 e. The van der Waals surface area contributed by atoms with Crippen LogP contribution in [0.3, 0.4) is 0 Å². The van der Waals surface area contributed by atoms with Crippen molar-refractivity contribution in [3.8, 4) is 0 Å². The van der Waals surface area contributed by atoms with Crippen LogP contribution >= 0.6 is 11.8 Å². The number of rotatable bonds is 7. The van der Waals surface area contributed by atoms with Gasteiger partial charge in [-0.15, -0.1) is 16.8 Å². The smallest absolute Gasteiger partial charge is 0.191 e. The van der Waals surface area contributed by atoms with Crippen molar-refractivity contribution in [3.63, 3.8) is 0 Å². The standard InChI is InChI=1S/C15H19N3S/c1-3-10-18-14(12-13-8-6-5-7-9-13)16-17-15(18)19-11-4-2/h4-9H,2-3,10-12H2,1H3. The molecule has 0 aliphatic heterocycles. The van der Waals surface area contributed by atoms with E-state index in [0.29, 0.717) is 0 Å². The minimum Gasteiger partial charge on any atom is -0.306 e.